The highest BCUT2D eigenvalue weighted by molar-refractivity contribution is 14.1. The summed E-state index contributed by atoms with van der Waals surface area (Å²) < 4.78 is 11.8. The summed E-state index contributed by atoms with van der Waals surface area (Å²) in [5.41, 5.74) is 1.52. The molecule has 2 aromatic rings. The van der Waals surface area contributed by atoms with Crippen molar-refractivity contribution in [1.29, 1.82) is 0 Å². The normalized spacial score (nSPS) is 15.7. The Kier molecular flexibility index (Phi) is 6.11. The van der Waals surface area contributed by atoms with Crippen molar-refractivity contribution >= 4 is 80.2 Å². The standard InChI is InChI=1S/C18H13ClINO3S2/c1-23-14-6-4-11(9-12(14)19)21-17(22)16(26-18(21)25)8-10-3-5-15(24-2)13(20)7-10/h3-9H,1-2H3/b16-8-. The quantitative estimate of drug-likeness (QED) is 0.310. The number of carbonyl (C=O) groups excluding carboxylic acids is 1. The van der Waals surface area contributed by atoms with Crippen molar-refractivity contribution in [2.75, 3.05) is 19.1 Å². The lowest BCUT2D eigenvalue weighted by molar-refractivity contribution is -0.113. The first-order valence-corrected chi connectivity index (χ1v) is 10.1. The Morgan fingerprint density at radius 3 is 2.46 bits per heavy atom. The molecule has 0 unspecified atom stereocenters. The molecule has 0 aromatic heterocycles. The third kappa shape index (κ3) is 3.85. The van der Waals surface area contributed by atoms with Gasteiger partial charge in [-0.3, -0.25) is 9.69 Å². The summed E-state index contributed by atoms with van der Waals surface area (Å²) in [6.45, 7) is 0. The average Bonchev–Trinajstić information content (AvgIpc) is 2.88. The van der Waals surface area contributed by atoms with Gasteiger partial charge in [-0.2, -0.15) is 0 Å². The summed E-state index contributed by atoms with van der Waals surface area (Å²) in [5.74, 6) is 1.17. The Morgan fingerprint density at radius 2 is 1.85 bits per heavy atom. The van der Waals surface area contributed by atoms with Crippen LogP contribution in [0.3, 0.4) is 0 Å². The van der Waals surface area contributed by atoms with Gasteiger partial charge in [-0.25, -0.2) is 0 Å². The van der Waals surface area contributed by atoms with Crippen LogP contribution >= 0.6 is 58.2 Å². The molecule has 3 rings (SSSR count). The minimum Gasteiger partial charge on any atom is -0.496 e. The number of rotatable bonds is 4. The van der Waals surface area contributed by atoms with E-state index >= 15 is 0 Å². The molecule has 1 amide bonds. The minimum atomic E-state index is -0.174. The molecule has 0 atom stereocenters. The van der Waals surface area contributed by atoms with Crippen LogP contribution in [0.1, 0.15) is 5.56 Å². The highest BCUT2D eigenvalue weighted by atomic mass is 127. The number of benzene rings is 2. The van der Waals surface area contributed by atoms with Gasteiger partial charge in [0.25, 0.3) is 5.91 Å². The Bertz CT molecular complexity index is 933. The lowest BCUT2D eigenvalue weighted by Gasteiger charge is -2.15. The van der Waals surface area contributed by atoms with Crippen molar-refractivity contribution in [2.45, 2.75) is 0 Å². The lowest BCUT2D eigenvalue weighted by Crippen LogP contribution is -2.27. The highest BCUT2D eigenvalue weighted by Gasteiger charge is 2.33. The Balaban J connectivity index is 1.91. The van der Waals surface area contributed by atoms with Crippen LogP contribution < -0.4 is 14.4 Å². The number of thioether (sulfide) groups is 1. The van der Waals surface area contributed by atoms with Crippen molar-refractivity contribution in [3.63, 3.8) is 0 Å². The van der Waals surface area contributed by atoms with Crippen molar-refractivity contribution in [3.05, 3.63) is 55.5 Å². The maximum atomic E-state index is 12.8. The van der Waals surface area contributed by atoms with Crippen LogP contribution in [0.5, 0.6) is 11.5 Å². The number of thiocarbonyl (C=S) groups is 1. The van der Waals surface area contributed by atoms with Crippen LogP contribution in [0.2, 0.25) is 5.02 Å². The SMILES string of the molecule is COc1ccc(N2C(=O)/C(=C/c3ccc(OC)c(I)c3)SC2=S)cc1Cl. The summed E-state index contributed by atoms with van der Waals surface area (Å²) in [6, 6.07) is 10.9. The Morgan fingerprint density at radius 1 is 1.15 bits per heavy atom. The maximum absolute atomic E-state index is 12.8. The molecule has 0 saturated carbocycles. The van der Waals surface area contributed by atoms with Gasteiger partial charge in [0, 0.05) is 0 Å². The van der Waals surface area contributed by atoms with Gasteiger partial charge in [0.1, 0.15) is 11.5 Å². The first-order valence-electron chi connectivity index (χ1n) is 7.39. The summed E-state index contributed by atoms with van der Waals surface area (Å²) >= 11 is 15.0. The fraction of sp³-hybridized carbons (Fsp3) is 0.111. The van der Waals surface area contributed by atoms with Crippen molar-refractivity contribution in [3.8, 4) is 11.5 Å². The van der Waals surface area contributed by atoms with Crippen molar-refractivity contribution in [2.24, 2.45) is 0 Å². The predicted octanol–water partition coefficient (Wildman–Crippen LogP) is 5.37. The van der Waals surface area contributed by atoms with Crippen molar-refractivity contribution < 1.29 is 14.3 Å². The third-order valence-electron chi connectivity index (χ3n) is 3.66. The molecule has 26 heavy (non-hydrogen) atoms. The summed E-state index contributed by atoms with van der Waals surface area (Å²) in [5, 5.41) is 0.424. The minimum absolute atomic E-state index is 0.174. The lowest BCUT2D eigenvalue weighted by atomic mass is 10.2. The van der Waals surface area contributed by atoms with Gasteiger partial charge in [0.05, 0.1) is 33.4 Å². The molecule has 1 aliphatic heterocycles. The van der Waals surface area contributed by atoms with E-state index in [-0.39, 0.29) is 5.91 Å². The molecular formula is C18H13ClINO3S2. The van der Waals surface area contributed by atoms with E-state index in [0.29, 0.717) is 25.7 Å². The zero-order valence-corrected chi connectivity index (χ0v) is 18.3. The molecule has 2 aromatic carbocycles. The molecule has 0 N–H and O–H groups in total. The number of anilines is 1. The number of carbonyl (C=O) groups is 1. The molecular weight excluding hydrogens is 505 g/mol. The second-order valence-electron chi connectivity index (χ2n) is 5.23. The van der Waals surface area contributed by atoms with Crippen LogP contribution in [-0.4, -0.2) is 24.4 Å². The smallest absolute Gasteiger partial charge is 0.270 e. The van der Waals surface area contributed by atoms with Crippen LogP contribution in [0.15, 0.2) is 41.3 Å². The van der Waals surface area contributed by atoms with Crippen LogP contribution in [-0.2, 0) is 4.79 Å². The number of halogens is 2. The van der Waals surface area contributed by atoms with Gasteiger partial charge in [-0.05, 0) is 64.6 Å². The van der Waals surface area contributed by atoms with E-state index in [1.54, 1.807) is 32.4 Å². The van der Waals surface area contributed by atoms with Gasteiger partial charge in [-0.15, -0.1) is 0 Å². The molecule has 0 aliphatic carbocycles. The summed E-state index contributed by atoms with van der Waals surface area (Å²) in [4.78, 5) is 14.9. The van der Waals surface area contributed by atoms with Gasteiger partial charge in [0.2, 0.25) is 0 Å². The first kappa shape index (κ1) is 19.5. The number of hydrogen-bond donors (Lipinski definition) is 0. The van der Waals surface area contributed by atoms with Gasteiger partial charge < -0.3 is 9.47 Å². The van der Waals surface area contributed by atoms with E-state index in [1.807, 2.05) is 24.3 Å². The first-order chi connectivity index (χ1) is 12.4. The largest absolute Gasteiger partial charge is 0.496 e. The number of hydrogen-bond acceptors (Lipinski definition) is 5. The van der Waals surface area contributed by atoms with E-state index in [9.17, 15) is 4.79 Å². The van der Waals surface area contributed by atoms with Crippen LogP contribution in [0, 0.1) is 3.57 Å². The molecule has 134 valence electrons. The van der Waals surface area contributed by atoms with E-state index in [2.05, 4.69) is 22.6 Å². The van der Waals surface area contributed by atoms with E-state index in [1.165, 1.54) is 16.7 Å². The fourth-order valence-corrected chi connectivity index (χ4v) is 4.72. The van der Waals surface area contributed by atoms with E-state index in [0.717, 1.165) is 14.9 Å². The van der Waals surface area contributed by atoms with E-state index in [4.69, 9.17) is 33.3 Å². The van der Waals surface area contributed by atoms with E-state index < -0.39 is 0 Å². The van der Waals surface area contributed by atoms with Crippen LogP contribution in [0.4, 0.5) is 5.69 Å². The number of ether oxygens (including phenoxy) is 2. The van der Waals surface area contributed by atoms with Gasteiger partial charge >= 0.3 is 0 Å². The number of amides is 1. The maximum Gasteiger partial charge on any atom is 0.270 e. The summed E-state index contributed by atoms with van der Waals surface area (Å²) in [7, 11) is 3.17. The molecule has 0 spiro atoms. The van der Waals surface area contributed by atoms with Crippen LogP contribution in [0.25, 0.3) is 6.08 Å². The summed E-state index contributed by atoms with van der Waals surface area (Å²) in [6.07, 6.45) is 1.83. The average molecular weight is 518 g/mol. The molecule has 1 heterocycles. The molecule has 4 nitrogen and oxygen atoms in total. The van der Waals surface area contributed by atoms with Gasteiger partial charge in [-0.1, -0.05) is 41.6 Å². The van der Waals surface area contributed by atoms with Gasteiger partial charge in [0.15, 0.2) is 4.32 Å². The number of nitrogens with zero attached hydrogens (tertiary/aromatic N) is 1. The molecule has 0 bridgehead atoms. The molecule has 1 aliphatic rings. The second kappa shape index (κ2) is 8.16. The third-order valence-corrected chi connectivity index (χ3v) is 6.10. The molecule has 0 radical (unpaired) electrons. The molecule has 8 heteroatoms. The molecule has 1 fully saturated rings. The highest BCUT2D eigenvalue weighted by Crippen LogP contribution is 2.38. The Hall–Kier alpha value is -1.29. The fourth-order valence-electron chi connectivity index (χ4n) is 2.41. The zero-order chi connectivity index (χ0) is 18.8. The predicted molar refractivity (Wildman–Crippen MR) is 119 cm³/mol. The monoisotopic (exact) mass is 517 g/mol. The van der Waals surface area contributed by atoms with Crippen molar-refractivity contribution in [1.82, 2.24) is 0 Å². The Labute approximate surface area is 179 Å². The topological polar surface area (TPSA) is 38.8 Å². The number of methoxy groups -OCH3 is 2. The zero-order valence-electron chi connectivity index (χ0n) is 13.8. The molecule has 1 saturated heterocycles. The second-order valence-corrected chi connectivity index (χ2v) is 8.48.